The Bertz CT molecular complexity index is 1740. The third-order valence-electron chi connectivity index (χ3n) is 8.83. The summed E-state index contributed by atoms with van der Waals surface area (Å²) < 4.78 is 6.28. The Hall–Kier alpha value is -4.64. The Morgan fingerprint density at radius 2 is 1.93 bits per heavy atom. The van der Waals surface area contributed by atoms with E-state index in [0.717, 1.165) is 70.7 Å². The zero-order valence-electron chi connectivity index (χ0n) is 26.1. The molecule has 1 amide bonds. The van der Waals surface area contributed by atoms with Gasteiger partial charge in [0.2, 0.25) is 0 Å². The van der Waals surface area contributed by atoms with Crippen molar-refractivity contribution < 1.29 is 19.4 Å². The van der Waals surface area contributed by atoms with Crippen LogP contribution < -0.4 is 9.64 Å². The summed E-state index contributed by atoms with van der Waals surface area (Å²) in [6.45, 7) is 4.54. The van der Waals surface area contributed by atoms with Crippen LogP contribution in [0, 0.1) is 23.2 Å². The average Bonchev–Trinajstić information content (AvgIpc) is 3.48. The van der Waals surface area contributed by atoms with E-state index in [0.29, 0.717) is 38.3 Å². The van der Waals surface area contributed by atoms with E-state index < -0.39 is 0 Å². The van der Waals surface area contributed by atoms with E-state index in [1.807, 2.05) is 12.1 Å². The summed E-state index contributed by atoms with van der Waals surface area (Å²) >= 11 is 6.70. The average molecular weight is 641 g/mol. The van der Waals surface area contributed by atoms with Gasteiger partial charge in [-0.25, -0.2) is 0 Å². The number of carboxylic acid groups (broad SMARTS) is 1. The fourth-order valence-electron chi connectivity index (χ4n) is 6.56. The van der Waals surface area contributed by atoms with Crippen LogP contribution in [0.2, 0.25) is 5.02 Å². The number of benzene rings is 2. The van der Waals surface area contributed by atoms with Crippen LogP contribution >= 0.6 is 11.6 Å². The van der Waals surface area contributed by atoms with E-state index in [1.54, 1.807) is 11.8 Å². The number of carbonyl (C=O) groups excluding carboxylic acids is 1. The van der Waals surface area contributed by atoms with Gasteiger partial charge < -0.3 is 24.5 Å². The number of anilines is 1. The maximum Gasteiger partial charge on any atom is 0.318 e. The molecule has 238 valence electrons. The van der Waals surface area contributed by atoms with E-state index in [2.05, 4.69) is 65.1 Å². The highest BCUT2D eigenvalue weighted by Gasteiger charge is 2.33. The maximum atomic E-state index is 12.7. The molecule has 1 N–H and O–H groups in total. The molecule has 2 atom stereocenters. The molecule has 2 aliphatic heterocycles. The van der Waals surface area contributed by atoms with E-state index in [9.17, 15) is 10.1 Å². The summed E-state index contributed by atoms with van der Waals surface area (Å²) in [5.74, 6) is 5.93. The summed E-state index contributed by atoms with van der Waals surface area (Å²) in [5, 5.41) is 19.3. The van der Waals surface area contributed by atoms with Gasteiger partial charge in [-0.3, -0.25) is 9.59 Å². The number of ether oxygens (including phenoxy) is 1. The number of piperazine rings is 1. The molecule has 3 aliphatic rings. The molecule has 2 unspecified atom stereocenters. The molecule has 3 heterocycles. The van der Waals surface area contributed by atoms with Gasteiger partial charge in [-0.2, -0.15) is 15.2 Å². The molecule has 0 bridgehead atoms. The lowest BCUT2D eigenvalue weighted by Gasteiger charge is -2.41. The Morgan fingerprint density at radius 1 is 1.15 bits per heavy atom. The minimum Gasteiger partial charge on any atom is -0.483 e. The number of carbonyl (C=O) groups is 2. The minimum atomic E-state index is -0.276. The summed E-state index contributed by atoms with van der Waals surface area (Å²) in [5.41, 5.74) is 4.19. The molecule has 10 nitrogen and oxygen atoms in total. The summed E-state index contributed by atoms with van der Waals surface area (Å²) in [6, 6.07) is 15.0. The van der Waals surface area contributed by atoms with Crippen molar-refractivity contribution in [1.29, 1.82) is 5.26 Å². The highest BCUT2D eigenvalue weighted by molar-refractivity contribution is 6.36. The molecule has 2 fully saturated rings. The van der Waals surface area contributed by atoms with Gasteiger partial charge in [-0.05, 0) is 80.8 Å². The summed E-state index contributed by atoms with van der Waals surface area (Å²) in [7, 11) is 2.13. The molecule has 6 rings (SSSR count). The van der Waals surface area contributed by atoms with Crippen molar-refractivity contribution in [2.45, 2.75) is 51.1 Å². The van der Waals surface area contributed by atoms with Gasteiger partial charge in [0.05, 0.1) is 24.2 Å². The number of hydrogen-bond donors (Lipinski definition) is 1. The Kier molecular flexibility index (Phi) is 10.7. The SMILES string of the molecule is CC#CC(=O)N1CCN(c2nc(OCC3CCCN3C)nc3c2CCC(c2cccc4cccc(Cl)c24)=C3)CC1CC#N.O=CO. The number of rotatable bonds is 6. The highest BCUT2D eigenvalue weighted by Crippen LogP contribution is 2.39. The number of allylic oxidation sites excluding steroid dienone is 1. The standard InChI is InChI=1S/C34H35ClN6O2.CH2O2/c1-3-7-31(42)41-19-18-40(21-25(41)15-16-36)33-28-14-13-24(27-11-4-8-23-9-5-12-29(35)32(23)27)20-30(28)37-34(38-33)43-22-26-10-6-17-39(26)2;2-1-3/h4-5,8-9,11-12,20,25-26H,6,10,13-15,17-19,21-22H2,1-2H3;1H,(H,2,3). The molecule has 1 aromatic heterocycles. The number of fused-ring (bicyclic) bond motifs is 2. The zero-order chi connectivity index (χ0) is 32.6. The smallest absolute Gasteiger partial charge is 0.318 e. The lowest BCUT2D eigenvalue weighted by Crippen LogP contribution is -2.55. The topological polar surface area (TPSA) is 123 Å². The maximum absolute atomic E-state index is 12.7. The first-order chi connectivity index (χ1) is 22.4. The number of halogens is 1. The molecular weight excluding hydrogens is 604 g/mol. The van der Waals surface area contributed by atoms with E-state index >= 15 is 0 Å². The van der Waals surface area contributed by atoms with Crippen molar-refractivity contribution in [3.8, 4) is 23.9 Å². The Balaban J connectivity index is 0.00000134. The number of hydrogen-bond acceptors (Lipinski definition) is 8. The molecule has 1 aliphatic carbocycles. The molecule has 3 aromatic rings. The number of amides is 1. The molecule has 2 saturated heterocycles. The number of nitriles is 1. The molecule has 2 aromatic carbocycles. The molecule has 0 spiro atoms. The quantitative estimate of drug-likeness (QED) is 0.296. The van der Waals surface area contributed by atoms with Crippen molar-refractivity contribution in [1.82, 2.24) is 19.8 Å². The summed E-state index contributed by atoms with van der Waals surface area (Å²) in [6.07, 6.45) is 6.20. The lowest BCUT2D eigenvalue weighted by molar-refractivity contribution is -0.127. The van der Waals surface area contributed by atoms with Crippen molar-refractivity contribution in [2.24, 2.45) is 0 Å². The predicted octanol–water partition coefficient (Wildman–Crippen LogP) is 4.90. The van der Waals surface area contributed by atoms with Gasteiger partial charge in [0.1, 0.15) is 12.4 Å². The van der Waals surface area contributed by atoms with Crippen molar-refractivity contribution in [3.05, 3.63) is 58.2 Å². The monoisotopic (exact) mass is 640 g/mol. The fraction of sp³-hybridized carbons (Fsp3) is 0.400. The molecule has 0 saturated carbocycles. The number of aromatic nitrogens is 2. The Labute approximate surface area is 274 Å². The van der Waals surface area contributed by atoms with Crippen molar-refractivity contribution >= 4 is 52.2 Å². The second-order valence-corrected chi connectivity index (χ2v) is 11.9. The van der Waals surface area contributed by atoms with Gasteiger partial charge in [0, 0.05) is 41.6 Å². The first-order valence-corrected chi connectivity index (χ1v) is 15.8. The first-order valence-electron chi connectivity index (χ1n) is 15.4. The molecular formula is C35H37ClN6O4. The van der Waals surface area contributed by atoms with Crippen molar-refractivity contribution in [3.63, 3.8) is 0 Å². The van der Waals surface area contributed by atoms with Crippen LogP contribution in [0.5, 0.6) is 6.01 Å². The zero-order valence-corrected chi connectivity index (χ0v) is 26.8. The van der Waals surface area contributed by atoms with Crippen LogP contribution in [0.15, 0.2) is 36.4 Å². The van der Waals surface area contributed by atoms with E-state index in [1.165, 1.54) is 5.57 Å². The van der Waals surface area contributed by atoms with Gasteiger partial charge in [-0.1, -0.05) is 47.9 Å². The van der Waals surface area contributed by atoms with Gasteiger partial charge in [0.25, 0.3) is 12.4 Å². The lowest BCUT2D eigenvalue weighted by atomic mass is 9.88. The van der Waals surface area contributed by atoms with Crippen LogP contribution in [0.3, 0.4) is 0 Å². The van der Waals surface area contributed by atoms with E-state index in [-0.39, 0.29) is 24.8 Å². The number of likely N-dealkylation sites (tertiary alicyclic amines) is 1. The third-order valence-corrected chi connectivity index (χ3v) is 9.15. The normalized spacial score (nSPS) is 19.1. The van der Waals surface area contributed by atoms with Crippen LogP contribution in [0.4, 0.5) is 5.82 Å². The van der Waals surface area contributed by atoms with E-state index in [4.69, 9.17) is 36.2 Å². The van der Waals surface area contributed by atoms with Crippen LogP contribution in [-0.4, -0.2) is 89.2 Å². The molecule has 0 radical (unpaired) electrons. The summed E-state index contributed by atoms with van der Waals surface area (Å²) in [4.78, 5) is 37.2. The fourth-order valence-corrected chi connectivity index (χ4v) is 6.84. The predicted molar refractivity (Wildman–Crippen MR) is 178 cm³/mol. The Morgan fingerprint density at radius 3 is 2.65 bits per heavy atom. The second kappa shape index (κ2) is 15.1. The second-order valence-electron chi connectivity index (χ2n) is 11.5. The van der Waals surface area contributed by atoms with Gasteiger partial charge in [0.15, 0.2) is 0 Å². The first kappa shape index (κ1) is 32.7. The molecule has 46 heavy (non-hydrogen) atoms. The third kappa shape index (κ3) is 7.09. The van der Waals surface area contributed by atoms with Crippen LogP contribution in [0.25, 0.3) is 22.4 Å². The van der Waals surface area contributed by atoms with Crippen LogP contribution in [0.1, 0.15) is 49.4 Å². The highest BCUT2D eigenvalue weighted by atomic mass is 35.5. The number of nitrogens with zero attached hydrogens (tertiary/aromatic N) is 6. The van der Waals surface area contributed by atoms with Crippen LogP contribution in [-0.2, 0) is 16.0 Å². The number of likely N-dealkylation sites (N-methyl/N-ethyl adjacent to an activating group) is 1. The molecule has 11 heteroatoms. The van der Waals surface area contributed by atoms with Gasteiger partial charge >= 0.3 is 6.01 Å². The van der Waals surface area contributed by atoms with Gasteiger partial charge in [-0.15, -0.1) is 0 Å². The largest absolute Gasteiger partial charge is 0.483 e. The van der Waals surface area contributed by atoms with Crippen molar-refractivity contribution in [2.75, 3.05) is 44.7 Å². The minimum absolute atomic E-state index is 0.226.